The number of methoxy groups -OCH3 is 1. The SMILES string of the molecule is CNc1cc(Nc2cccn(-c3ccccn3)c2=O)nc2c(C(=O)NC3CC3OC)cnn12. The van der Waals surface area contributed by atoms with Crippen molar-refractivity contribution in [3.8, 4) is 5.82 Å². The van der Waals surface area contributed by atoms with Crippen molar-refractivity contribution in [1.82, 2.24) is 29.5 Å². The molecule has 1 aliphatic rings. The topological polar surface area (TPSA) is 127 Å². The molecule has 1 amide bonds. The molecule has 4 aromatic heterocycles. The van der Waals surface area contributed by atoms with Crippen LogP contribution in [0.25, 0.3) is 11.5 Å². The molecule has 0 saturated heterocycles. The number of nitrogens with one attached hydrogen (secondary N) is 3. The molecule has 11 heteroatoms. The molecule has 0 bridgehead atoms. The lowest BCUT2D eigenvalue weighted by Crippen LogP contribution is -2.28. The maximum atomic E-state index is 13.0. The summed E-state index contributed by atoms with van der Waals surface area (Å²) in [7, 11) is 3.36. The van der Waals surface area contributed by atoms with Gasteiger partial charge in [0.25, 0.3) is 11.5 Å². The lowest BCUT2D eigenvalue weighted by molar-refractivity contribution is 0.0936. The van der Waals surface area contributed by atoms with Crippen molar-refractivity contribution in [2.75, 3.05) is 24.8 Å². The molecule has 33 heavy (non-hydrogen) atoms. The third-order valence-corrected chi connectivity index (χ3v) is 5.43. The number of hydrogen-bond acceptors (Lipinski definition) is 8. The predicted molar refractivity (Wildman–Crippen MR) is 122 cm³/mol. The zero-order valence-electron chi connectivity index (χ0n) is 18.0. The van der Waals surface area contributed by atoms with Crippen LogP contribution in [-0.2, 0) is 4.74 Å². The fourth-order valence-corrected chi connectivity index (χ4v) is 3.60. The predicted octanol–water partition coefficient (Wildman–Crippen LogP) is 1.58. The number of nitrogens with zero attached hydrogens (tertiary/aromatic N) is 5. The zero-order chi connectivity index (χ0) is 22.9. The van der Waals surface area contributed by atoms with Crippen LogP contribution >= 0.6 is 0 Å². The Bertz CT molecular complexity index is 1380. The summed E-state index contributed by atoms with van der Waals surface area (Å²) in [5.74, 6) is 1.22. The average Bonchev–Trinajstić information content (AvgIpc) is 3.45. The van der Waals surface area contributed by atoms with Crippen molar-refractivity contribution in [2.45, 2.75) is 18.6 Å². The maximum absolute atomic E-state index is 13.0. The first-order chi connectivity index (χ1) is 16.1. The maximum Gasteiger partial charge on any atom is 0.279 e. The molecule has 5 rings (SSSR count). The number of carbonyl (C=O) groups excluding carboxylic acids is 1. The lowest BCUT2D eigenvalue weighted by atomic mass is 10.3. The average molecular weight is 446 g/mol. The summed E-state index contributed by atoms with van der Waals surface area (Å²) in [4.78, 5) is 34.6. The van der Waals surface area contributed by atoms with E-state index in [1.807, 2.05) is 6.07 Å². The van der Waals surface area contributed by atoms with Crippen LogP contribution in [0.5, 0.6) is 0 Å². The minimum atomic E-state index is -0.283. The fraction of sp³-hybridized carbons (Fsp3) is 0.227. The molecule has 1 fully saturated rings. The van der Waals surface area contributed by atoms with E-state index in [0.29, 0.717) is 34.4 Å². The number of carbonyl (C=O) groups is 1. The highest BCUT2D eigenvalue weighted by atomic mass is 16.5. The molecular weight excluding hydrogens is 424 g/mol. The van der Waals surface area contributed by atoms with E-state index >= 15 is 0 Å². The van der Waals surface area contributed by atoms with Gasteiger partial charge in [0.2, 0.25) is 0 Å². The van der Waals surface area contributed by atoms with Gasteiger partial charge in [-0.15, -0.1) is 0 Å². The van der Waals surface area contributed by atoms with Gasteiger partial charge in [-0.05, 0) is 30.7 Å². The Balaban J connectivity index is 1.49. The van der Waals surface area contributed by atoms with E-state index < -0.39 is 0 Å². The first kappa shape index (κ1) is 20.6. The molecule has 0 radical (unpaired) electrons. The molecule has 3 N–H and O–H groups in total. The fourth-order valence-electron chi connectivity index (χ4n) is 3.60. The van der Waals surface area contributed by atoms with Gasteiger partial charge in [-0.1, -0.05) is 6.07 Å². The van der Waals surface area contributed by atoms with Gasteiger partial charge in [0.1, 0.15) is 28.7 Å². The highest BCUT2D eigenvalue weighted by molar-refractivity contribution is 6.00. The quantitative estimate of drug-likeness (QED) is 0.390. The Labute approximate surface area is 188 Å². The Morgan fingerprint density at radius 1 is 1.24 bits per heavy atom. The Kier molecular flexibility index (Phi) is 5.23. The number of amides is 1. The second kappa shape index (κ2) is 8.36. The molecule has 0 aliphatic heterocycles. The van der Waals surface area contributed by atoms with Gasteiger partial charge in [0.05, 0.1) is 18.3 Å². The first-order valence-electron chi connectivity index (χ1n) is 10.4. The van der Waals surface area contributed by atoms with Crippen LogP contribution in [0.1, 0.15) is 16.8 Å². The summed E-state index contributed by atoms with van der Waals surface area (Å²) in [6.45, 7) is 0. The van der Waals surface area contributed by atoms with E-state index in [0.717, 1.165) is 6.42 Å². The number of anilines is 3. The van der Waals surface area contributed by atoms with Gasteiger partial charge >= 0.3 is 0 Å². The van der Waals surface area contributed by atoms with Crippen LogP contribution < -0.4 is 21.5 Å². The van der Waals surface area contributed by atoms with Crippen LogP contribution in [0.4, 0.5) is 17.3 Å². The summed E-state index contributed by atoms with van der Waals surface area (Å²) < 4.78 is 8.23. The molecule has 1 saturated carbocycles. The molecule has 1 aliphatic carbocycles. The first-order valence-corrected chi connectivity index (χ1v) is 10.4. The summed E-state index contributed by atoms with van der Waals surface area (Å²) >= 11 is 0. The van der Waals surface area contributed by atoms with Crippen LogP contribution in [0.3, 0.4) is 0 Å². The third kappa shape index (κ3) is 3.89. The van der Waals surface area contributed by atoms with Crippen molar-refractivity contribution >= 4 is 28.9 Å². The van der Waals surface area contributed by atoms with Gasteiger partial charge in [0.15, 0.2) is 5.65 Å². The Hall–Kier alpha value is -4.25. The van der Waals surface area contributed by atoms with Gasteiger partial charge in [0, 0.05) is 32.6 Å². The number of fused-ring (bicyclic) bond motifs is 1. The molecule has 4 heterocycles. The van der Waals surface area contributed by atoms with Gasteiger partial charge in [-0.25, -0.2) is 9.97 Å². The second-order valence-corrected chi connectivity index (χ2v) is 7.57. The molecule has 0 aromatic carbocycles. The van der Waals surface area contributed by atoms with Crippen molar-refractivity contribution in [1.29, 1.82) is 0 Å². The summed E-state index contributed by atoms with van der Waals surface area (Å²) in [6, 6.07) is 10.4. The van der Waals surface area contributed by atoms with Gasteiger partial charge in [-0.2, -0.15) is 9.61 Å². The number of aromatic nitrogens is 5. The van der Waals surface area contributed by atoms with E-state index in [9.17, 15) is 9.59 Å². The van der Waals surface area contributed by atoms with E-state index in [4.69, 9.17) is 4.74 Å². The number of hydrogen-bond donors (Lipinski definition) is 3. The van der Waals surface area contributed by atoms with Crippen LogP contribution in [0.15, 0.2) is 59.8 Å². The highest BCUT2D eigenvalue weighted by Crippen LogP contribution is 2.26. The van der Waals surface area contributed by atoms with Crippen LogP contribution in [0.2, 0.25) is 0 Å². The standard InChI is InChI=1S/C22H22N8O3/c1-23-19-11-17(26-14-6-5-9-29(22(14)32)18-7-3-4-8-24-18)28-20-13(12-25-30(19)20)21(31)27-15-10-16(15)33-2/h3-9,11-12,15-16,23H,10H2,1-2H3,(H,26,28)(H,27,31). The molecule has 0 spiro atoms. The monoisotopic (exact) mass is 446 g/mol. The van der Waals surface area contributed by atoms with E-state index in [1.54, 1.807) is 56.9 Å². The van der Waals surface area contributed by atoms with Crippen molar-refractivity contribution in [2.24, 2.45) is 0 Å². The number of pyridine rings is 2. The molecule has 11 nitrogen and oxygen atoms in total. The van der Waals surface area contributed by atoms with Crippen molar-refractivity contribution < 1.29 is 9.53 Å². The third-order valence-electron chi connectivity index (χ3n) is 5.43. The number of ether oxygens (including phenoxy) is 1. The zero-order valence-corrected chi connectivity index (χ0v) is 18.0. The summed E-state index contributed by atoms with van der Waals surface area (Å²) in [6.07, 6.45) is 5.56. The lowest BCUT2D eigenvalue weighted by Gasteiger charge is -2.11. The second-order valence-electron chi connectivity index (χ2n) is 7.57. The van der Waals surface area contributed by atoms with Gasteiger partial charge < -0.3 is 20.7 Å². The van der Waals surface area contributed by atoms with E-state index in [-0.39, 0.29) is 23.6 Å². The minimum Gasteiger partial charge on any atom is -0.379 e. The van der Waals surface area contributed by atoms with Gasteiger partial charge in [-0.3, -0.25) is 14.2 Å². The van der Waals surface area contributed by atoms with Crippen LogP contribution in [0, 0.1) is 0 Å². The van der Waals surface area contributed by atoms with Crippen LogP contribution in [-0.4, -0.2) is 56.4 Å². The Morgan fingerprint density at radius 3 is 2.85 bits per heavy atom. The molecule has 168 valence electrons. The largest absolute Gasteiger partial charge is 0.379 e. The van der Waals surface area contributed by atoms with Crippen molar-refractivity contribution in [3.05, 3.63) is 70.9 Å². The van der Waals surface area contributed by atoms with E-state index in [2.05, 4.69) is 31.0 Å². The molecular formula is C22H22N8O3. The minimum absolute atomic E-state index is 0.0167. The molecule has 4 aromatic rings. The smallest absolute Gasteiger partial charge is 0.279 e. The van der Waals surface area contributed by atoms with E-state index in [1.165, 1.54) is 15.3 Å². The summed E-state index contributed by atoms with van der Waals surface area (Å²) in [5.41, 5.74) is 0.719. The highest BCUT2D eigenvalue weighted by Gasteiger charge is 2.39. The van der Waals surface area contributed by atoms with Crippen molar-refractivity contribution in [3.63, 3.8) is 0 Å². The summed E-state index contributed by atoms with van der Waals surface area (Å²) in [5, 5.41) is 13.3. The number of rotatable bonds is 7. The normalized spacial score (nSPS) is 17.0. The molecule has 2 unspecified atom stereocenters. The Morgan fingerprint density at radius 2 is 2.12 bits per heavy atom. The molecule has 2 atom stereocenters.